The molecule has 0 saturated heterocycles. The van der Waals surface area contributed by atoms with Crippen LogP contribution in [0.2, 0.25) is 0 Å². The van der Waals surface area contributed by atoms with E-state index in [0.29, 0.717) is 13.0 Å². The highest BCUT2D eigenvalue weighted by Crippen LogP contribution is 1.91. The van der Waals surface area contributed by atoms with Gasteiger partial charge in [0.2, 0.25) is 0 Å². The Kier molecular flexibility index (Phi) is 6.76. The molecule has 0 radical (unpaired) electrons. The monoisotopic (exact) mass is 164 g/mol. The average molecular weight is 164 g/mol. The first-order valence-corrected chi connectivity index (χ1v) is 3.28. The lowest BCUT2D eigenvalue weighted by Crippen LogP contribution is -2.06. The molecule has 66 valence electrons. The molecule has 0 rings (SSSR count). The van der Waals surface area contributed by atoms with Crippen LogP contribution in [-0.4, -0.2) is 31.7 Å². The van der Waals surface area contributed by atoms with Crippen LogP contribution in [0.1, 0.15) is 12.8 Å². The summed E-state index contributed by atoms with van der Waals surface area (Å²) in [4.78, 5) is 13.4. The Hall–Kier alpha value is -0.810. The second kappa shape index (κ2) is 7.30. The van der Waals surface area contributed by atoms with Crippen LogP contribution in [-0.2, 0) is 14.4 Å². The Labute approximate surface area is 64.8 Å². The molecule has 0 amide bonds. The van der Waals surface area contributed by atoms with Gasteiger partial charge < -0.3 is 9.47 Å². The van der Waals surface area contributed by atoms with Crippen LogP contribution in [0.4, 0.5) is 4.79 Å². The summed E-state index contributed by atoms with van der Waals surface area (Å²) in [7, 11) is 1.60. The van der Waals surface area contributed by atoms with Gasteiger partial charge in [-0.15, -0.1) is 0 Å². The van der Waals surface area contributed by atoms with Crippen molar-refractivity contribution in [2.45, 2.75) is 12.8 Å². The Morgan fingerprint density at radius 2 is 2.00 bits per heavy atom. The van der Waals surface area contributed by atoms with Gasteiger partial charge in [0.25, 0.3) is 0 Å². The smallest absolute Gasteiger partial charge is 0.432 e. The molecule has 5 heteroatoms. The van der Waals surface area contributed by atoms with E-state index in [9.17, 15) is 4.79 Å². The first kappa shape index (κ1) is 10.2. The Balaban J connectivity index is 2.95. The SMILES string of the molecule is COCCCCOC(=O)OO. The molecule has 0 aromatic carbocycles. The minimum absolute atomic E-state index is 0.239. The fourth-order valence-electron chi connectivity index (χ4n) is 0.530. The van der Waals surface area contributed by atoms with Gasteiger partial charge in [-0.25, -0.2) is 4.79 Å². The quantitative estimate of drug-likeness (QED) is 0.284. The summed E-state index contributed by atoms with van der Waals surface area (Å²) < 4.78 is 9.13. The molecule has 0 aromatic heterocycles. The van der Waals surface area contributed by atoms with E-state index in [1.165, 1.54) is 0 Å². The molecule has 0 unspecified atom stereocenters. The lowest BCUT2D eigenvalue weighted by Gasteiger charge is -2.00. The molecule has 0 heterocycles. The van der Waals surface area contributed by atoms with Crippen LogP contribution < -0.4 is 0 Å². The second-order valence-electron chi connectivity index (χ2n) is 1.89. The van der Waals surface area contributed by atoms with Crippen LogP contribution in [0.15, 0.2) is 0 Å². The summed E-state index contributed by atoms with van der Waals surface area (Å²) >= 11 is 0. The van der Waals surface area contributed by atoms with Crippen molar-refractivity contribution in [3.8, 4) is 0 Å². The minimum Gasteiger partial charge on any atom is -0.432 e. The fraction of sp³-hybridized carbons (Fsp3) is 0.833. The summed E-state index contributed by atoms with van der Waals surface area (Å²) in [6.45, 7) is 0.875. The summed E-state index contributed by atoms with van der Waals surface area (Å²) in [5, 5.41) is 7.74. The molecule has 5 nitrogen and oxygen atoms in total. The van der Waals surface area contributed by atoms with E-state index in [4.69, 9.17) is 9.99 Å². The maximum Gasteiger partial charge on any atom is 0.540 e. The first-order valence-electron chi connectivity index (χ1n) is 3.28. The van der Waals surface area contributed by atoms with Gasteiger partial charge in [0.1, 0.15) is 0 Å². The van der Waals surface area contributed by atoms with E-state index in [0.717, 1.165) is 6.42 Å². The van der Waals surface area contributed by atoms with E-state index < -0.39 is 6.16 Å². The lowest BCUT2D eigenvalue weighted by molar-refractivity contribution is -0.200. The van der Waals surface area contributed by atoms with Crippen LogP contribution >= 0.6 is 0 Å². The van der Waals surface area contributed by atoms with Crippen molar-refractivity contribution in [1.29, 1.82) is 0 Å². The molecule has 0 aliphatic carbocycles. The first-order chi connectivity index (χ1) is 5.31. The number of hydrogen-bond acceptors (Lipinski definition) is 5. The standard InChI is InChI=1S/C6H12O5/c1-9-4-2-3-5-10-6(7)11-8/h8H,2-5H2,1H3. The van der Waals surface area contributed by atoms with Gasteiger partial charge >= 0.3 is 6.16 Å². The molecule has 11 heavy (non-hydrogen) atoms. The van der Waals surface area contributed by atoms with Crippen molar-refractivity contribution in [1.82, 2.24) is 0 Å². The Bertz CT molecular complexity index is 103. The number of hydrogen-bond donors (Lipinski definition) is 1. The normalized spacial score (nSPS) is 9.27. The third kappa shape index (κ3) is 7.08. The van der Waals surface area contributed by atoms with Crippen molar-refractivity contribution in [2.24, 2.45) is 0 Å². The molecule has 0 saturated carbocycles. The van der Waals surface area contributed by atoms with E-state index >= 15 is 0 Å². The minimum atomic E-state index is -1.07. The Morgan fingerprint density at radius 1 is 1.36 bits per heavy atom. The van der Waals surface area contributed by atoms with Gasteiger partial charge in [0, 0.05) is 13.7 Å². The topological polar surface area (TPSA) is 65.0 Å². The highest BCUT2D eigenvalue weighted by atomic mass is 17.1. The maximum absolute atomic E-state index is 10.1. The zero-order valence-electron chi connectivity index (χ0n) is 6.41. The maximum atomic E-state index is 10.1. The van der Waals surface area contributed by atoms with Gasteiger partial charge in [-0.05, 0) is 12.8 Å². The number of rotatable bonds is 5. The summed E-state index contributed by atoms with van der Waals surface area (Å²) in [5.41, 5.74) is 0. The number of methoxy groups -OCH3 is 1. The van der Waals surface area contributed by atoms with Crippen LogP contribution in [0.3, 0.4) is 0 Å². The third-order valence-corrected chi connectivity index (χ3v) is 1.04. The van der Waals surface area contributed by atoms with Crippen LogP contribution in [0.25, 0.3) is 0 Å². The van der Waals surface area contributed by atoms with Crippen molar-refractivity contribution in [3.63, 3.8) is 0 Å². The van der Waals surface area contributed by atoms with Crippen molar-refractivity contribution in [2.75, 3.05) is 20.3 Å². The zero-order valence-corrected chi connectivity index (χ0v) is 6.41. The molecule has 0 atom stereocenters. The van der Waals surface area contributed by atoms with Crippen molar-refractivity contribution in [3.05, 3.63) is 0 Å². The van der Waals surface area contributed by atoms with E-state index in [1.807, 2.05) is 0 Å². The second-order valence-corrected chi connectivity index (χ2v) is 1.89. The summed E-state index contributed by atoms with van der Waals surface area (Å²) in [5.74, 6) is 0. The molecular weight excluding hydrogens is 152 g/mol. The molecule has 0 aliphatic rings. The van der Waals surface area contributed by atoms with E-state index in [2.05, 4.69) is 9.62 Å². The molecule has 0 spiro atoms. The van der Waals surface area contributed by atoms with Crippen molar-refractivity contribution >= 4 is 6.16 Å². The van der Waals surface area contributed by atoms with Gasteiger partial charge in [-0.1, -0.05) is 0 Å². The number of unbranched alkanes of at least 4 members (excludes halogenated alkanes) is 1. The van der Waals surface area contributed by atoms with Crippen LogP contribution in [0.5, 0.6) is 0 Å². The van der Waals surface area contributed by atoms with E-state index in [1.54, 1.807) is 7.11 Å². The average Bonchev–Trinajstić information content (AvgIpc) is 2.04. The van der Waals surface area contributed by atoms with Gasteiger partial charge in [0.15, 0.2) is 0 Å². The van der Waals surface area contributed by atoms with E-state index in [-0.39, 0.29) is 6.61 Å². The molecule has 0 bridgehead atoms. The number of carbonyl (C=O) groups is 1. The van der Waals surface area contributed by atoms with Gasteiger partial charge in [-0.3, -0.25) is 4.89 Å². The molecule has 0 aliphatic heterocycles. The largest absolute Gasteiger partial charge is 0.540 e. The molecular formula is C6H12O5. The van der Waals surface area contributed by atoms with Gasteiger partial charge in [-0.2, -0.15) is 5.26 Å². The summed E-state index contributed by atoms with van der Waals surface area (Å²) in [6.07, 6.45) is 0.445. The molecule has 0 aromatic rings. The van der Waals surface area contributed by atoms with Crippen LogP contribution in [0, 0.1) is 0 Å². The lowest BCUT2D eigenvalue weighted by atomic mass is 10.3. The Morgan fingerprint density at radius 3 is 2.55 bits per heavy atom. The predicted octanol–water partition coefficient (Wildman–Crippen LogP) is 1.04. The highest BCUT2D eigenvalue weighted by Gasteiger charge is 2.00. The number of ether oxygens (including phenoxy) is 2. The molecule has 1 N–H and O–H groups in total. The van der Waals surface area contributed by atoms with Gasteiger partial charge in [0.05, 0.1) is 6.61 Å². The zero-order chi connectivity index (χ0) is 8.53. The fourth-order valence-corrected chi connectivity index (χ4v) is 0.530. The third-order valence-electron chi connectivity index (χ3n) is 1.04. The number of carbonyl (C=O) groups excluding carboxylic acids is 1. The predicted molar refractivity (Wildman–Crippen MR) is 36.2 cm³/mol. The molecule has 0 fully saturated rings. The summed E-state index contributed by atoms with van der Waals surface area (Å²) in [6, 6.07) is 0. The van der Waals surface area contributed by atoms with Crippen molar-refractivity contribution < 1.29 is 24.4 Å². The highest BCUT2D eigenvalue weighted by molar-refractivity contribution is 5.58.